The molecule has 39 heavy (non-hydrogen) atoms. The van der Waals surface area contributed by atoms with Crippen LogP contribution in [0.5, 0.6) is 5.75 Å². The molecule has 0 aromatic heterocycles. The number of aliphatic hydroxyl groups excluding tert-OH is 1. The highest BCUT2D eigenvalue weighted by atomic mass is 16.3. The Hall–Kier alpha value is -3.02. The Labute approximate surface area is 233 Å². The highest BCUT2D eigenvalue weighted by Gasteiger charge is 2.17. The fourth-order valence-electron chi connectivity index (χ4n) is 3.33. The molecular weight excluding hydrogens is 502 g/mol. The molecule has 0 saturated carbocycles. The number of phenolic OH excluding ortho intramolecular Hbond substituents is 1. The van der Waals surface area contributed by atoms with Gasteiger partial charge in [0, 0.05) is 39.6 Å². The molecule has 1 aromatic carbocycles. The van der Waals surface area contributed by atoms with Crippen LogP contribution in [0.2, 0.25) is 0 Å². The molecule has 0 aliphatic carbocycles. The second-order valence-electron chi connectivity index (χ2n) is 10.2. The minimum atomic E-state index is -0.586. The van der Waals surface area contributed by atoms with Gasteiger partial charge >= 0.3 is 0 Å². The van der Waals surface area contributed by atoms with E-state index in [0.29, 0.717) is 24.8 Å². The van der Waals surface area contributed by atoms with Crippen LogP contribution in [0.4, 0.5) is 0 Å². The Morgan fingerprint density at radius 3 is 2.15 bits per heavy atom. The molecule has 1 heterocycles. The third-order valence-electron chi connectivity index (χ3n) is 5.47. The molecule has 11 heteroatoms. The summed E-state index contributed by atoms with van der Waals surface area (Å²) in [5.74, 6) is -0.766. The Morgan fingerprint density at radius 1 is 1.13 bits per heavy atom. The lowest BCUT2D eigenvalue weighted by atomic mass is 9.90. The smallest absolute Gasteiger partial charge is 0.239 e. The molecule has 2 rings (SSSR count). The highest BCUT2D eigenvalue weighted by molar-refractivity contribution is 5.86. The van der Waals surface area contributed by atoms with Crippen LogP contribution in [0.15, 0.2) is 24.3 Å². The zero-order valence-electron chi connectivity index (χ0n) is 24.3. The minimum Gasteiger partial charge on any atom is -0.508 e. The predicted octanol–water partition coefficient (Wildman–Crippen LogP) is 1.14. The van der Waals surface area contributed by atoms with Crippen LogP contribution in [0.25, 0.3) is 0 Å². The summed E-state index contributed by atoms with van der Waals surface area (Å²) in [5, 5.41) is 24.8. The van der Waals surface area contributed by atoms with Crippen molar-refractivity contribution < 1.29 is 29.4 Å². The molecule has 9 N–H and O–H groups in total. The number of piperazine rings is 1. The van der Waals surface area contributed by atoms with Crippen molar-refractivity contribution in [3.63, 3.8) is 0 Å². The second-order valence-corrected chi connectivity index (χ2v) is 10.2. The number of hydrogen-bond donors (Lipinski definition) is 7. The van der Waals surface area contributed by atoms with Crippen molar-refractivity contribution in [1.29, 1.82) is 0 Å². The van der Waals surface area contributed by atoms with Gasteiger partial charge in [-0.3, -0.25) is 14.4 Å². The fraction of sp³-hybridized carbons (Fsp3) is 0.643. The molecule has 1 aromatic rings. The van der Waals surface area contributed by atoms with E-state index < -0.39 is 11.9 Å². The van der Waals surface area contributed by atoms with E-state index >= 15 is 0 Å². The quantitative estimate of drug-likeness (QED) is 0.156. The number of aryl methyl sites for hydroxylation is 1. The number of carbonyl (C=O) groups is 4. The molecule has 1 aliphatic rings. The topological polar surface area (TPSA) is 197 Å². The van der Waals surface area contributed by atoms with E-state index in [1.807, 2.05) is 6.92 Å². The van der Waals surface area contributed by atoms with Gasteiger partial charge in [-0.2, -0.15) is 0 Å². The molecule has 0 radical (unpaired) electrons. The van der Waals surface area contributed by atoms with Crippen LogP contribution < -0.4 is 27.4 Å². The number of aliphatic hydroxyl groups is 1. The number of unbranched alkanes of at least 4 members (excludes halogenated alkanes) is 1. The minimum absolute atomic E-state index is 0.168. The van der Waals surface area contributed by atoms with Crippen molar-refractivity contribution >= 4 is 24.0 Å². The van der Waals surface area contributed by atoms with Crippen LogP contribution in [0, 0.1) is 5.41 Å². The molecule has 0 spiro atoms. The van der Waals surface area contributed by atoms with Gasteiger partial charge in [0.05, 0.1) is 6.04 Å². The number of aromatic hydroxyl groups is 1. The Kier molecular flexibility index (Phi) is 22.4. The molecule has 11 nitrogen and oxygen atoms in total. The van der Waals surface area contributed by atoms with Gasteiger partial charge in [0.2, 0.25) is 17.7 Å². The Balaban J connectivity index is 0. The van der Waals surface area contributed by atoms with Crippen LogP contribution >= 0.6 is 0 Å². The van der Waals surface area contributed by atoms with Crippen molar-refractivity contribution in [2.45, 2.75) is 84.7 Å². The number of hydrogen-bond acceptors (Lipinski definition) is 8. The highest BCUT2D eigenvalue weighted by Crippen LogP contribution is 2.20. The largest absolute Gasteiger partial charge is 0.508 e. The van der Waals surface area contributed by atoms with E-state index in [9.17, 15) is 19.2 Å². The van der Waals surface area contributed by atoms with E-state index in [2.05, 4.69) is 36.7 Å². The second kappa shape index (κ2) is 22.9. The number of amides is 3. The Bertz CT molecular complexity index is 806. The van der Waals surface area contributed by atoms with E-state index in [0.717, 1.165) is 57.7 Å². The maximum absolute atomic E-state index is 11.7. The van der Waals surface area contributed by atoms with E-state index in [-0.39, 0.29) is 30.0 Å². The summed E-state index contributed by atoms with van der Waals surface area (Å²) >= 11 is 0. The number of benzene rings is 1. The van der Waals surface area contributed by atoms with Gasteiger partial charge in [-0.05, 0) is 48.8 Å². The molecule has 2 unspecified atom stereocenters. The van der Waals surface area contributed by atoms with Gasteiger partial charge in [0.1, 0.15) is 18.1 Å². The van der Waals surface area contributed by atoms with Crippen molar-refractivity contribution in [3.05, 3.63) is 29.8 Å². The van der Waals surface area contributed by atoms with Crippen molar-refractivity contribution in [3.8, 4) is 5.75 Å². The van der Waals surface area contributed by atoms with Gasteiger partial charge in [0.25, 0.3) is 0 Å². The van der Waals surface area contributed by atoms with Crippen molar-refractivity contribution in [1.82, 2.24) is 16.0 Å². The SMILES string of the molecule is CC(C)(C)CCCC=O.CCCC(NC(=O)CCc1ccc(O)cc1)C(N)=O.CO.NC(=O)C1CNCCN1. The van der Waals surface area contributed by atoms with Crippen molar-refractivity contribution in [2.75, 3.05) is 26.7 Å². The summed E-state index contributed by atoms with van der Waals surface area (Å²) < 4.78 is 0. The lowest BCUT2D eigenvalue weighted by Crippen LogP contribution is -2.54. The molecule has 1 fully saturated rings. The monoisotopic (exact) mass is 553 g/mol. The standard InChI is InChI=1S/C14H20N2O3.C8H16O.C5H11N3O.CH4O/c1-2-3-12(14(15)19)16-13(18)9-6-10-4-7-11(17)8-5-10;1-8(2,3)6-4-5-7-9;6-5(9)4-3-7-1-2-8-4;1-2/h4-5,7-8,12,17H,2-3,6,9H2,1H3,(H2,15,19)(H,16,18);7H,4-6H2,1-3H3;4,7-8H,1-3H2,(H2,6,9);2H,1H3. The normalized spacial score (nSPS) is 15.0. The third-order valence-corrected chi connectivity index (χ3v) is 5.47. The summed E-state index contributed by atoms with van der Waals surface area (Å²) in [5.41, 5.74) is 11.6. The van der Waals surface area contributed by atoms with Gasteiger partial charge in [0.15, 0.2) is 0 Å². The molecule has 1 aliphatic heterocycles. The number of phenols is 1. The number of aldehydes is 1. The fourth-order valence-corrected chi connectivity index (χ4v) is 3.33. The van der Waals surface area contributed by atoms with Crippen LogP contribution in [-0.2, 0) is 25.6 Å². The van der Waals surface area contributed by atoms with Crippen LogP contribution in [0.1, 0.15) is 71.8 Å². The maximum Gasteiger partial charge on any atom is 0.239 e. The average Bonchev–Trinajstić information content (AvgIpc) is 2.90. The van der Waals surface area contributed by atoms with Crippen molar-refractivity contribution in [2.24, 2.45) is 16.9 Å². The first-order valence-electron chi connectivity index (χ1n) is 13.4. The van der Waals surface area contributed by atoms with E-state index in [1.165, 1.54) is 0 Å². The average molecular weight is 554 g/mol. The first kappa shape index (κ1) is 38.1. The van der Waals surface area contributed by atoms with Gasteiger partial charge in [-0.1, -0.05) is 46.2 Å². The zero-order chi connectivity index (χ0) is 30.3. The zero-order valence-corrected chi connectivity index (χ0v) is 24.3. The number of nitrogens with one attached hydrogen (secondary N) is 3. The lowest BCUT2D eigenvalue weighted by Gasteiger charge is -2.21. The number of primary amides is 2. The molecule has 2 atom stereocenters. The van der Waals surface area contributed by atoms with E-state index in [4.69, 9.17) is 21.7 Å². The molecular formula is C28H51N5O6. The first-order valence-corrected chi connectivity index (χ1v) is 13.4. The van der Waals surface area contributed by atoms with E-state index in [1.54, 1.807) is 24.3 Å². The summed E-state index contributed by atoms with van der Waals surface area (Å²) in [7, 11) is 1.00. The van der Waals surface area contributed by atoms with Gasteiger partial charge in [-0.15, -0.1) is 0 Å². The number of rotatable bonds is 11. The predicted molar refractivity (Wildman–Crippen MR) is 154 cm³/mol. The summed E-state index contributed by atoms with van der Waals surface area (Å²) in [6, 6.07) is 5.93. The van der Waals surface area contributed by atoms with Crippen LogP contribution in [-0.4, -0.2) is 73.0 Å². The van der Waals surface area contributed by atoms with Gasteiger partial charge < -0.3 is 42.4 Å². The maximum atomic E-state index is 11.7. The molecule has 0 bridgehead atoms. The molecule has 224 valence electrons. The first-order chi connectivity index (χ1) is 18.4. The summed E-state index contributed by atoms with van der Waals surface area (Å²) in [6.45, 7) is 10.9. The lowest BCUT2D eigenvalue weighted by molar-refractivity contribution is -0.127. The number of carbonyl (C=O) groups excluding carboxylic acids is 4. The van der Waals surface area contributed by atoms with Gasteiger partial charge in [-0.25, -0.2) is 0 Å². The number of nitrogens with two attached hydrogens (primary N) is 2. The Morgan fingerprint density at radius 2 is 1.74 bits per heavy atom. The molecule has 1 saturated heterocycles. The third kappa shape index (κ3) is 22.7. The summed E-state index contributed by atoms with van der Waals surface area (Å²) in [4.78, 5) is 43.2. The van der Waals surface area contributed by atoms with Crippen LogP contribution in [0.3, 0.4) is 0 Å². The summed E-state index contributed by atoms with van der Waals surface area (Å²) in [6.07, 6.45) is 6.08. The molecule has 3 amide bonds.